The van der Waals surface area contributed by atoms with E-state index < -0.39 is 0 Å². The van der Waals surface area contributed by atoms with Gasteiger partial charge in [0.2, 0.25) is 0 Å². The standard InChI is InChI=1S/C50H42N2/c1-6-8-10-16-35(5)44-30-47(51-48(31-44)42-24-23-38-19-13-14-20-39(38)28-42)40-21-15-22-41(29-40)49-32-45(37-17-11-9-12-18-37)33-50(52-49)43-25-26-46(34(3)4)36(7-2)27-43/h6-34H,2,5H2,1,3-4H3/b8-6-,16-10-. The molecule has 252 valence electrons. The average molecular weight is 671 g/mol. The second-order valence-electron chi connectivity index (χ2n) is 13.4. The number of allylic oxidation sites excluding steroid dienone is 5. The van der Waals surface area contributed by atoms with Crippen molar-refractivity contribution < 1.29 is 0 Å². The Morgan fingerprint density at radius 2 is 1.12 bits per heavy atom. The summed E-state index contributed by atoms with van der Waals surface area (Å²) in [6, 6.07) is 49.3. The van der Waals surface area contributed by atoms with Crippen molar-refractivity contribution in [1.82, 2.24) is 9.97 Å². The van der Waals surface area contributed by atoms with Crippen molar-refractivity contribution >= 4 is 22.4 Å². The molecular weight excluding hydrogens is 629 g/mol. The Morgan fingerprint density at radius 1 is 0.538 bits per heavy atom. The van der Waals surface area contributed by atoms with E-state index in [-0.39, 0.29) is 0 Å². The van der Waals surface area contributed by atoms with Gasteiger partial charge in [-0.3, -0.25) is 0 Å². The zero-order valence-corrected chi connectivity index (χ0v) is 30.1. The number of fused-ring (bicyclic) bond motifs is 1. The maximum absolute atomic E-state index is 5.28. The third-order valence-electron chi connectivity index (χ3n) is 9.45. The predicted molar refractivity (Wildman–Crippen MR) is 224 cm³/mol. The third kappa shape index (κ3) is 7.38. The maximum atomic E-state index is 5.28. The minimum absolute atomic E-state index is 0.402. The fraction of sp³-hybridized carbons (Fsp3) is 0.0800. The molecule has 0 saturated carbocycles. The summed E-state index contributed by atoms with van der Waals surface area (Å²) in [6.07, 6.45) is 10.0. The summed E-state index contributed by atoms with van der Waals surface area (Å²) in [4.78, 5) is 10.5. The molecule has 0 atom stereocenters. The lowest BCUT2D eigenvalue weighted by Crippen LogP contribution is -1.96. The van der Waals surface area contributed by atoms with E-state index in [1.165, 1.54) is 16.3 Å². The van der Waals surface area contributed by atoms with Gasteiger partial charge >= 0.3 is 0 Å². The predicted octanol–water partition coefficient (Wildman–Crippen LogP) is 13.9. The number of nitrogens with zero attached hydrogens (tertiary/aromatic N) is 2. The van der Waals surface area contributed by atoms with Crippen LogP contribution in [0.25, 0.3) is 78.6 Å². The van der Waals surface area contributed by atoms with Crippen LogP contribution in [0, 0.1) is 0 Å². The van der Waals surface area contributed by atoms with Gasteiger partial charge in [-0.25, -0.2) is 9.97 Å². The van der Waals surface area contributed by atoms with E-state index in [4.69, 9.17) is 9.97 Å². The molecular formula is C50H42N2. The fourth-order valence-corrected chi connectivity index (χ4v) is 6.64. The molecule has 0 fully saturated rings. The van der Waals surface area contributed by atoms with Gasteiger partial charge in [0.25, 0.3) is 0 Å². The van der Waals surface area contributed by atoms with Gasteiger partial charge in [-0.2, -0.15) is 0 Å². The molecule has 0 aliphatic rings. The van der Waals surface area contributed by atoms with Gasteiger partial charge < -0.3 is 0 Å². The normalized spacial score (nSPS) is 11.5. The Labute approximate surface area is 307 Å². The lowest BCUT2D eigenvalue weighted by Gasteiger charge is -2.15. The molecule has 7 rings (SSSR count). The molecule has 0 aliphatic heterocycles. The van der Waals surface area contributed by atoms with Crippen molar-refractivity contribution in [2.45, 2.75) is 26.7 Å². The van der Waals surface area contributed by atoms with Gasteiger partial charge in [-0.05, 0) is 99.5 Å². The molecule has 2 nitrogen and oxygen atoms in total. The summed E-state index contributed by atoms with van der Waals surface area (Å²) in [5, 5.41) is 2.39. The van der Waals surface area contributed by atoms with Gasteiger partial charge in [0.05, 0.1) is 22.8 Å². The molecule has 52 heavy (non-hydrogen) atoms. The van der Waals surface area contributed by atoms with E-state index in [2.05, 4.69) is 167 Å². The number of hydrogen-bond donors (Lipinski definition) is 0. The number of rotatable bonds is 10. The highest BCUT2D eigenvalue weighted by Gasteiger charge is 2.14. The van der Waals surface area contributed by atoms with Crippen LogP contribution in [0.4, 0.5) is 0 Å². The summed E-state index contributed by atoms with van der Waals surface area (Å²) in [5.74, 6) is 0.402. The Bertz CT molecular complexity index is 2480. The molecule has 7 aromatic rings. The molecule has 2 heterocycles. The number of hydrogen-bond acceptors (Lipinski definition) is 2. The van der Waals surface area contributed by atoms with Crippen LogP contribution in [-0.4, -0.2) is 9.97 Å². The van der Waals surface area contributed by atoms with Gasteiger partial charge in [0.1, 0.15) is 0 Å². The first-order valence-corrected chi connectivity index (χ1v) is 17.8. The minimum Gasteiger partial charge on any atom is -0.248 e. The molecule has 0 N–H and O–H groups in total. The van der Waals surface area contributed by atoms with Crippen LogP contribution >= 0.6 is 0 Å². The van der Waals surface area contributed by atoms with Gasteiger partial charge in [-0.15, -0.1) is 0 Å². The maximum Gasteiger partial charge on any atom is 0.0715 e. The third-order valence-corrected chi connectivity index (χ3v) is 9.45. The van der Waals surface area contributed by atoms with Gasteiger partial charge in [0, 0.05) is 22.3 Å². The smallest absolute Gasteiger partial charge is 0.0715 e. The summed E-state index contributed by atoms with van der Waals surface area (Å²) in [6.45, 7) is 15.0. The average Bonchev–Trinajstić information content (AvgIpc) is 3.20. The lowest BCUT2D eigenvalue weighted by atomic mass is 9.93. The molecule has 0 aliphatic carbocycles. The van der Waals surface area contributed by atoms with Crippen LogP contribution in [-0.2, 0) is 0 Å². The molecule has 0 amide bonds. The quantitative estimate of drug-likeness (QED) is 0.135. The monoisotopic (exact) mass is 670 g/mol. The largest absolute Gasteiger partial charge is 0.248 e. The molecule has 2 heteroatoms. The zero-order valence-electron chi connectivity index (χ0n) is 30.1. The van der Waals surface area contributed by atoms with E-state index in [9.17, 15) is 0 Å². The molecule has 0 spiro atoms. The molecule has 2 aromatic heterocycles. The number of pyridine rings is 2. The van der Waals surface area contributed by atoms with E-state index in [1.54, 1.807) is 0 Å². The Kier molecular flexibility index (Phi) is 9.99. The molecule has 0 bridgehead atoms. The van der Waals surface area contributed by atoms with E-state index >= 15 is 0 Å². The Balaban J connectivity index is 1.36. The van der Waals surface area contributed by atoms with Crippen molar-refractivity contribution in [2.75, 3.05) is 0 Å². The van der Waals surface area contributed by atoms with Crippen LogP contribution < -0.4 is 0 Å². The lowest BCUT2D eigenvalue weighted by molar-refractivity contribution is 0.864. The first-order valence-electron chi connectivity index (χ1n) is 17.8. The van der Waals surface area contributed by atoms with Crippen molar-refractivity contribution in [3.63, 3.8) is 0 Å². The highest BCUT2D eigenvalue weighted by atomic mass is 14.7. The zero-order chi connectivity index (χ0) is 36.0. The molecule has 5 aromatic carbocycles. The minimum atomic E-state index is 0.402. The molecule has 0 radical (unpaired) electrons. The van der Waals surface area contributed by atoms with Crippen molar-refractivity contribution in [3.8, 4) is 56.2 Å². The van der Waals surface area contributed by atoms with Crippen LogP contribution in [0.2, 0.25) is 0 Å². The highest BCUT2D eigenvalue weighted by Crippen LogP contribution is 2.35. The Hall–Kier alpha value is -6.38. The van der Waals surface area contributed by atoms with Crippen LogP contribution in [0.5, 0.6) is 0 Å². The second kappa shape index (κ2) is 15.2. The summed E-state index contributed by atoms with van der Waals surface area (Å²) in [5.41, 5.74) is 14.4. The van der Waals surface area contributed by atoms with Crippen LogP contribution in [0.15, 0.2) is 177 Å². The summed E-state index contributed by atoms with van der Waals surface area (Å²) >= 11 is 0. The fourth-order valence-electron chi connectivity index (χ4n) is 6.64. The first-order chi connectivity index (χ1) is 25.4. The highest BCUT2D eigenvalue weighted by molar-refractivity contribution is 5.88. The van der Waals surface area contributed by atoms with Crippen LogP contribution in [0.3, 0.4) is 0 Å². The van der Waals surface area contributed by atoms with Gasteiger partial charge in [0.15, 0.2) is 0 Å². The summed E-state index contributed by atoms with van der Waals surface area (Å²) in [7, 11) is 0. The number of benzene rings is 5. The van der Waals surface area contributed by atoms with Crippen LogP contribution in [0.1, 0.15) is 43.4 Å². The van der Waals surface area contributed by atoms with E-state index in [0.29, 0.717) is 5.92 Å². The molecule has 0 unspecified atom stereocenters. The Morgan fingerprint density at radius 3 is 1.77 bits per heavy atom. The second-order valence-corrected chi connectivity index (χ2v) is 13.4. The van der Waals surface area contributed by atoms with Gasteiger partial charge in [-0.1, -0.05) is 154 Å². The van der Waals surface area contributed by atoms with Crippen molar-refractivity contribution in [3.05, 3.63) is 194 Å². The van der Waals surface area contributed by atoms with Crippen molar-refractivity contribution in [2.24, 2.45) is 0 Å². The number of aromatic nitrogens is 2. The van der Waals surface area contributed by atoms with E-state index in [1.807, 2.05) is 37.3 Å². The molecule has 0 saturated heterocycles. The SMILES string of the molecule is C=Cc1cc(-c2cc(-c3ccccc3)cc(-c3cccc(-c4cc(C(=C)/C=C\C=C/C)cc(-c5ccc6ccccc6c5)n4)c3)n2)ccc1C(C)C. The summed E-state index contributed by atoms with van der Waals surface area (Å²) < 4.78 is 0. The van der Waals surface area contributed by atoms with E-state index in [0.717, 1.165) is 72.9 Å². The topological polar surface area (TPSA) is 25.8 Å². The van der Waals surface area contributed by atoms with Crippen molar-refractivity contribution in [1.29, 1.82) is 0 Å². The first kappa shape index (κ1) is 34.1.